The molecule has 1 N–H and O–H groups in total. The SMILES string of the molecule is Cc1ccc2c(c1)[C@](C[N+](=O)[O-])(c1c[nH]c3c(C)cccc13)C(=O)N2C. The molecule has 0 bridgehead atoms. The van der Waals surface area contributed by atoms with Gasteiger partial charge in [-0.2, -0.15) is 0 Å². The highest BCUT2D eigenvalue weighted by Crippen LogP contribution is 2.48. The molecule has 1 aliphatic heterocycles. The van der Waals surface area contributed by atoms with Crippen LogP contribution in [0.25, 0.3) is 10.9 Å². The maximum atomic E-state index is 13.4. The Bertz CT molecular complexity index is 1070. The van der Waals surface area contributed by atoms with Gasteiger partial charge < -0.3 is 9.88 Å². The number of hydrogen-bond acceptors (Lipinski definition) is 3. The Morgan fingerprint density at radius 2 is 1.96 bits per heavy atom. The van der Waals surface area contributed by atoms with Gasteiger partial charge in [-0.1, -0.05) is 35.9 Å². The third kappa shape index (κ3) is 2.02. The van der Waals surface area contributed by atoms with Crippen molar-refractivity contribution < 1.29 is 9.72 Å². The number of nitro groups is 1. The number of nitrogens with one attached hydrogen (secondary N) is 1. The van der Waals surface area contributed by atoms with E-state index in [1.165, 1.54) is 4.90 Å². The molecule has 3 aromatic rings. The fourth-order valence-electron chi connectivity index (χ4n) is 4.15. The summed E-state index contributed by atoms with van der Waals surface area (Å²) >= 11 is 0. The van der Waals surface area contributed by atoms with E-state index < -0.39 is 16.9 Å². The topological polar surface area (TPSA) is 79.2 Å². The number of H-pyrrole nitrogens is 1. The normalized spacial score (nSPS) is 19.2. The largest absolute Gasteiger partial charge is 0.361 e. The second-order valence-corrected chi connectivity index (χ2v) is 6.98. The average Bonchev–Trinajstić information content (AvgIpc) is 3.11. The van der Waals surface area contributed by atoms with Crippen LogP contribution in [-0.2, 0) is 10.2 Å². The minimum Gasteiger partial charge on any atom is -0.361 e. The van der Waals surface area contributed by atoms with Gasteiger partial charge in [0.1, 0.15) is 0 Å². The highest BCUT2D eigenvalue weighted by Gasteiger charge is 2.56. The molecule has 1 amide bonds. The molecule has 2 aromatic carbocycles. The van der Waals surface area contributed by atoms with Crippen molar-refractivity contribution in [2.45, 2.75) is 19.3 Å². The minimum absolute atomic E-state index is 0.266. The highest BCUT2D eigenvalue weighted by molar-refractivity contribution is 6.12. The van der Waals surface area contributed by atoms with Crippen LogP contribution in [0.1, 0.15) is 22.3 Å². The number of para-hydroxylation sites is 1. The van der Waals surface area contributed by atoms with Crippen LogP contribution in [0.5, 0.6) is 0 Å². The van der Waals surface area contributed by atoms with Crippen molar-refractivity contribution >= 4 is 22.5 Å². The molecule has 132 valence electrons. The summed E-state index contributed by atoms with van der Waals surface area (Å²) in [5.41, 5.74) is 3.67. The van der Waals surface area contributed by atoms with E-state index in [0.29, 0.717) is 11.1 Å². The quantitative estimate of drug-likeness (QED) is 0.582. The van der Waals surface area contributed by atoms with Gasteiger partial charge >= 0.3 is 0 Å². The van der Waals surface area contributed by atoms with E-state index in [1.54, 1.807) is 13.2 Å². The highest BCUT2D eigenvalue weighted by atomic mass is 16.6. The van der Waals surface area contributed by atoms with Gasteiger partial charge in [0.2, 0.25) is 12.5 Å². The number of fused-ring (bicyclic) bond motifs is 2. The molecule has 0 saturated heterocycles. The number of anilines is 1. The molecule has 0 radical (unpaired) electrons. The summed E-state index contributed by atoms with van der Waals surface area (Å²) in [6, 6.07) is 11.5. The lowest BCUT2D eigenvalue weighted by atomic mass is 9.74. The Kier molecular flexibility index (Phi) is 3.41. The summed E-state index contributed by atoms with van der Waals surface area (Å²) in [5.74, 6) is -0.266. The number of aryl methyl sites for hydroxylation is 2. The number of aromatic nitrogens is 1. The van der Waals surface area contributed by atoms with Crippen LogP contribution < -0.4 is 4.90 Å². The number of nitrogens with zero attached hydrogens (tertiary/aromatic N) is 2. The van der Waals surface area contributed by atoms with Gasteiger partial charge in [0.15, 0.2) is 5.41 Å². The fraction of sp³-hybridized carbons (Fsp3) is 0.250. The smallest absolute Gasteiger partial charge is 0.248 e. The van der Waals surface area contributed by atoms with Crippen molar-refractivity contribution in [1.29, 1.82) is 0 Å². The molecule has 0 unspecified atom stereocenters. The molecule has 6 heteroatoms. The van der Waals surface area contributed by atoms with Crippen molar-refractivity contribution in [1.82, 2.24) is 4.98 Å². The number of hydrogen-bond donors (Lipinski definition) is 1. The van der Waals surface area contributed by atoms with Gasteiger partial charge in [0.25, 0.3) is 0 Å². The van der Waals surface area contributed by atoms with Crippen molar-refractivity contribution in [3.05, 3.63) is 75.0 Å². The van der Waals surface area contributed by atoms with Crippen LogP contribution >= 0.6 is 0 Å². The van der Waals surface area contributed by atoms with Gasteiger partial charge in [0.05, 0.1) is 0 Å². The van der Waals surface area contributed by atoms with Gasteiger partial charge in [-0.05, 0) is 25.5 Å². The van der Waals surface area contributed by atoms with Gasteiger partial charge in [0, 0.05) is 45.9 Å². The lowest BCUT2D eigenvalue weighted by Gasteiger charge is -2.24. The maximum absolute atomic E-state index is 13.4. The molecule has 1 aromatic heterocycles. The summed E-state index contributed by atoms with van der Waals surface area (Å²) < 4.78 is 0. The monoisotopic (exact) mass is 349 g/mol. The summed E-state index contributed by atoms with van der Waals surface area (Å²) in [5, 5.41) is 12.5. The number of rotatable bonds is 3. The van der Waals surface area contributed by atoms with Gasteiger partial charge in [-0.25, -0.2) is 0 Å². The molecule has 0 spiro atoms. The first-order chi connectivity index (χ1) is 12.4. The predicted molar refractivity (Wildman–Crippen MR) is 100 cm³/mol. The van der Waals surface area contributed by atoms with E-state index in [1.807, 2.05) is 50.2 Å². The van der Waals surface area contributed by atoms with E-state index in [9.17, 15) is 14.9 Å². The lowest BCUT2D eigenvalue weighted by molar-refractivity contribution is -0.486. The number of aromatic amines is 1. The molecule has 2 heterocycles. The summed E-state index contributed by atoms with van der Waals surface area (Å²) in [6.07, 6.45) is 1.75. The van der Waals surface area contributed by atoms with Gasteiger partial charge in [-0.3, -0.25) is 14.9 Å². The van der Waals surface area contributed by atoms with Crippen LogP contribution in [0.4, 0.5) is 5.69 Å². The minimum atomic E-state index is -1.33. The van der Waals surface area contributed by atoms with Crippen LogP contribution in [0.15, 0.2) is 42.6 Å². The standard InChI is InChI=1S/C20H19N3O3/c1-12-7-8-17-15(9-12)20(11-23(25)26,19(24)22(17)3)16-10-21-18-13(2)5-4-6-14(16)18/h4-10,21H,11H2,1-3H3/t20-/m1/s1. The van der Waals surface area contributed by atoms with Crippen LogP contribution in [-0.4, -0.2) is 29.4 Å². The molecule has 1 atom stereocenters. The molecule has 1 aliphatic rings. The van der Waals surface area contributed by atoms with Crippen molar-refractivity contribution in [3.8, 4) is 0 Å². The Hall–Kier alpha value is -3.15. The van der Waals surface area contributed by atoms with Crippen molar-refractivity contribution in [3.63, 3.8) is 0 Å². The van der Waals surface area contributed by atoms with E-state index >= 15 is 0 Å². The molecule has 6 nitrogen and oxygen atoms in total. The first-order valence-corrected chi connectivity index (χ1v) is 8.44. The van der Waals surface area contributed by atoms with Crippen LogP contribution in [0.2, 0.25) is 0 Å². The lowest BCUT2D eigenvalue weighted by Crippen LogP contribution is -2.44. The third-order valence-electron chi connectivity index (χ3n) is 5.39. The number of amides is 1. The second-order valence-electron chi connectivity index (χ2n) is 6.98. The van der Waals surface area contributed by atoms with Crippen molar-refractivity contribution in [2.24, 2.45) is 0 Å². The zero-order valence-corrected chi connectivity index (χ0v) is 14.9. The maximum Gasteiger partial charge on any atom is 0.248 e. The Morgan fingerprint density at radius 1 is 1.19 bits per heavy atom. The zero-order chi connectivity index (χ0) is 18.6. The van der Waals surface area contributed by atoms with E-state index in [-0.39, 0.29) is 5.91 Å². The fourth-order valence-corrected chi connectivity index (χ4v) is 4.15. The van der Waals surface area contributed by atoms with E-state index in [4.69, 9.17) is 0 Å². The Morgan fingerprint density at radius 3 is 2.69 bits per heavy atom. The predicted octanol–water partition coefficient (Wildman–Crippen LogP) is 3.32. The molecule has 0 saturated carbocycles. The molecular formula is C20H19N3O3. The molecule has 26 heavy (non-hydrogen) atoms. The Balaban J connectivity index is 2.11. The van der Waals surface area contributed by atoms with Crippen LogP contribution in [0.3, 0.4) is 0 Å². The van der Waals surface area contributed by atoms with Crippen LogP contribution in [0, 0.1) is 24.0 Å². The number of likely N-dealkylation sites (N-methyl/N-ethyl adjacent to an activating group) is 1. The van der Waals surface area contributed by atoms with Gasteiger partial charge in [-0.15, -0.1) is 0 Å². The first kappa shape index (κ1) is 16.3. The molecule has 4 rings (SSSR count). The summed E-state index contributed by atoms with van der Waals surface area (Å²) in [7, 11) is 1.68. The second kappa shape index (κ2) is 5.42. The average molecular weight is 349 g/mol. The number of benzene rings is 2. The van der Waals surface area contributed by atoms with E-state index in [0.717, 1.165) is 27.7 Å². The first-order valence-electron chi connectivity index (χ1n) is 8.44. The van der Waals surface area contributed by atoms with Crippen molar-refractivity contribution in [2.75, 3.05) is 18.5 Å². The zero-order valence-electron chi connectivity index (χ0n) is 14.9. The molecular weight excluding hydrogens is 330 g/mol. The molecule has 0 aliphatic carbocycles. The summed E-state index contributed by atoms with van der Waals surface area (Å²) in [4.78, 5) is 29.4. The molecule has 0 fully saturated rings. The number of carbonyl (C=O) groups excluding carboxylic acids is 1. The third-order valence-corrected chi connectivity index (χ3v) is 5.39. The number of carbonyl (C=O) groups is 1. The van der Waals surface area contributed by atoms with E-state index in [2.05, 4.69) is 4.98 Å². The summed E-state index contributed by atoms with van der Waals surface area (Å²) in [6.45, 7) is 3.43. The Labute approximate surface area is 150 Å².